The van der Waals surface area contributed by atoms with Crippen molar-refractivity contribution in [3.8, 4) is 11.6 Å². The van der Waals surface area contributed by atoms with Crippen LogP contribution in [0.15, 0.2) is 23.1 Å². The number of hydrogen-bond donors (Lipinski definition) is 0. The van der Waals surface area contributed by atoms with E-state index in [2.05, 4.69) is 4.90 Å². The third-order valence-electron chi connectivity index (χ3n) is 6.76. The second-order valence-corrected chi connectivity index (χ2v) is 12.5. The monoisotopic (exact) mass is 550 g/mol. The first-order valence-corrected chi connectivity index (χ1v) is 14.8. The van der Waals surface area contributed by atoms with Gasteiger partial charge in [-0.3, -0.25) is 4.90 Å². The van der Waals surface area contributed by atoms with Crippen molar-refractivity contribution in [2.45, 2.75) is 30.7 Å². The van der Waals surface area contributed by atoms with Gasteiger partial charge in [0.2, 0.25) is 15.9 Å². The van der Waals surface area contributed by atoms with Crippen molar-refractivity contribution in [1.82, 2.24) is 19.2 Å². The van der Waals surface area contributed by atoms with Gasteiger partial charge in [0.25, 0.3) is 0 Å². The fraction of sp³-hybridized carbons (Fsp3) is 0.500. The quantitative estimate of drug-likeness (QED) is 0.460. The number of sulfonamides is 1. The van der Waals surface area contributed by atoms with E-state index in [1.165, 1.54) is 26.9 Å². The Morgan fingerprint density at radius 2 is 1.78 bits per heavy atom. The topological polar surface area (TPSA) is 94.1 Å². The number of aryl methyl sites for hydroxylation is 2. The summed E-state index contributed by atoms with van der Waals surface area (Å²) in [6.07, 6.45) is 3.13. The molecule has 9 nitrogen and oxygen atoms in total. The molecule has 4 heterocycles. The van der Waals surface area contributed by atoms with Crippen LogP contribution < -0.4 is 4.74 Å². The zero-order chi connectivity index (χ0) is 24.7. The lowest BCUT2D eigenvalue weighted by Crippen LogP contribution is -2.40. The number of ether oxygens (including phenoxy) is 3. The number of halogens is 1. The van der Waals surface area contributed by atoms with E-state index >= 15 is 0 Å². The van der Waals surface area contributed by atoms with Crippen LogP contribution in [-0.2, 0) is 38.9 Å². The molecule has 36 heavy (non-hydrogen) atoms. The molecule has 1 aromatic carbocycles. The highest BCUT2D eigenvalue weighted by molar-refractivity contribution is 7.89. The van der Waals surface area contributed by atoms with E-state index in [9.17, 15) is 8.42 Å². The van der Waals surface area contributed by atoms with Crippen molar-refractivity contribution >= 4 is 43.2 Å². The first-order chi connectivity index (χ1) is 17.5. The maximum absolute atomic E-state index is 13.0. The van der Waals surface area contributed by atoms with E-state index in [1.54, 1.807) is 17.4 Å². The number of hydrogen-bond acceptors (Lipinski definition) is 9. The second kappa shape index (κ2) is 10.1. The van der Waals surface area contributed by atoms with E-state index < -0.39 is 10.0 Å². The molecule has 0 amide bonds. The summed E-state index contributed by atoms with van der Waals surface area (Å²) in [6.45, 7) is 5.11. The largest absolute Gasteiger partial charge is 0.437 e. The van der Waals surface area contributed by atoms with Crippen molar-refractivity contribution in [1.29, 1.82) is 0 Å². The van der Waals surface area contributed by atoms with E-state index in [0.717, 1.165) is 42.6 Å². The van der Waals surface area contributed by atoms with Crippen molar-refractivity contribution in [3.05, 3.63) is 39.5 Å². The molecule has 2 fully saturated rings. The molecule has 192 valence electrons. The summed E-state index contributed by atoms with van der Waals surface area (Å²) in [5, 5.41) is 1.16. The maximum Gasteiger partial charge on any atom is 0.243 e. The summed E-state index contributed by atoms with van der Waals surface area (Å²) in [7, 11) is -3.66. The Hall–Kier alpha value is -1.86. The SMILES string of the molecule is O=S(=O)(c1ccc(Oc2nc(CN3CCOCC3)nc3sc4c(c23)CCC4)c(Cl)c1)N1CCOCC1. The van der Waals surface area contributed by atoms with Crippen molar-refractivity contribution < 1.29 is 22.6 Å². The fourth-order valence-corrected chi connectivity index (χ4v) is 7.86. The molecule has 0 radical (unpaired) electrons. The molecule has 0 spiro atoms. The van der Waals surface area contributed by atoms with Crippen LogP contribution in [0.25, 0.3) is 10.2 Å². The first-order valence-electron chi connectivity index (χ1n) is 12.2. The van der Waals surface area contributed by atoms with Crippen LogP contribution in [-0.4, -0.2) is 80.2 Å². The number of benzene rings is 1. The predicted octanol–water partition coefficient (Wildman–Crippen LogP) is 3.48. The lowest BCUT2D eigenvalue weighted by molar-refractivity contribution is 0.0330. The minimum Gasteiger partial charge on any atom is -0.437 e. The average molecular weight is 551 g/mol. The molecule has 3 aliphatic rings. The molecular formula is C24H27ClN4O5S2. The highest BCUT2D eigenvalue weighted by atomic mass is 35.5. The molecule has 0 saturated carbocycles. The Kier molecular flexibility index (Phi) is 6.89. The first kappa shape index (κ1) is 24.5. The summed E-state index contributed by atoms with van der Waals surface area (Å²) in [5.41, 5.74) is 1.26. The highest BCUT2D eigenvalue weighted by Crippen LogP contribution is 2.42. The van der Waals surface area contributed by atoms with Gasteiger partial charge in [-0.25, -0.2) is 13.4 Å². The summed E-state index contributed by atoms with van der Waals surface area (Å²) < 4.78 is 44.6. The zero-order valence-electron chi connectivity index (χ0n) is 19.7. The van der Waals surface area contributed by atoms with Crippen LogP contribution in [0, 0.1) is 0 Å². The summed E-state index contributed by atoms with van der Waals surface area (Å²) in [5.74, 6) is 1.54. The Balaban J connectivity index is 1.33. The lowest BCUT2D eigenvalue weighted by atomic mass is 10.2. The van der Waals surface area contributed by atoms with E-state index in [0.29, 0.717) is 63.5 Å². The lowest BCUT2D eigenvalue weighted by Gasteiger charge is -2.26. The average Bonchev–Trinajstić information content (AvgIpc) is 3.47. The van der Waals surface area contributed by atoms with Gasteiger partial charge in [-0.05, 0) is 43.0 Å². The van der Waals surface area contributed by atoms with Crippen LogP contribution >= 0.6 is 22.9 Å². The number of morpholine rings is 2. The number of aromatic nitrogens is 2. The van der Waals surface area contributed by atoms with E-state index in [1.807, 2.05) is 0 Å². The van der Waals surface area contributed by atoms with Crippen LogP contribution in [0.5, 0.6) is 11.6 Å². The third-order valence-corrected chi connectivity index (χ3v) is 10.1. The highest BCUT2D eigenvalue weighted by Gasteiger charge is 2.28. The Morgan fingerprint density at radius 3 is 2.53 bits per heavy atom. The predicted molar refractivity (Wildman–Crippen MR) is 137 cm³/mol. The summed E-state index contributed by atoms with van der Waals surface area (Å²) >= 11 is 8.28. The smallest absolute Gasteiger partial charge is 0.243 e. The van der Waals surface area contributed by atoms with E-state index in [4.69, 9.17) is 35.8 Å². The Labute approximate surface area is 219 Å². The molecular weight excluding hydrogens is 524 g/mol. The van der Waals surface area contributed by atoms with Gasteiger partial charge in [0.05, 0.1) is 48.3 Å². The maximum atomic E-state index is 13.0. The van der Waals surface area contributed by atoms with Gasteiger partial charge >= 0.3 is 0 Å². The van der Waals surface area contributed by atoms with Gasteiger partial charge in [0.15, 0.2) is 0 Å². The standard InChI is InChI=1S/C24H27ClN4O5S2/c25-18-14-16(36(30,31)29-8-12-33-13-9-29)4-5-19(18)34-23-22-17-2-1-3-20(17)35-24(22)27-21(26-23)15-28-6-10-32-11-7-28/h4-5,14H,1-3,6-13,15H2. The summed E-state index contributed by atoms with van der Waals surface area (Å²) in [4.78, 5) is 14.4. The van der Waals surface area contributed by atoms with Crippen molar-refractivity contribution in [2.75, 3.05) is 52.6 Å². The molecule has 1 aliphatic carbocycles. The van der Waals surface area contributed by atoms with Crippen LogP contribution in [0.4, 0.5) is 0 Å². The van der Waals surface area contributed by atoms with Gasteiger partial charge in [0.1, 0.15) is 16.4 Å². The molecule has 0 N–H and O–H groups in total. The molecule has 12 heteroatoms. The molecule has 2 saturated heterocycles. The molecule has 6 rings (SSSR count). The fourth-order valence-electron chi connectivity index (χ4n) is 4.87. The number of nitrogens with zero attached hydrogens (tertiary/aromatic N) is 4. The van der Waals surface area contributed by atoms with Crippen LogP contribution in [0.2, 0.25) is 5.02 Å². The van der Waals surface area contributed by atoms with Gasteiger partial charge in [-0.2, -0.15) is 9.29 Å². The molecule has 3 aromatic rings. The molecule has 0 atom stereocenters. The van der Waals surface area contributed by atoms with Crippen LogP contribution in [0.1, 0.15) is 22.7 Å². The molecule has 2 aromatic heterocycles. The zero-order valence-corrected chi connectivity index (χ0v) is 22.1. The third kappa shape index (κ3) is 4.73. The normalized spacial score (nSPS) is 19.6. The Bertz CT molecular complexity index is 1380. The Morgan fingerprint density at radius 1 is 1.03 bits per heavy atom. The van der Waals surface area contributed by atoms with Gasteiger partial charge in [0, 0.05) is 31.1 Å². The van der Waals surface area contributed by atoms with Crippen LogP contribution in [0.3, 0.4) is 0 Å². The second-order valence-electron chi connectivity index (χ2n) is 9.08. The number of fused-ring (bicyclic) bond motifs is 3. The summed E-state index contributed by atoms with van der Waals surface area (Å²) in [6, 6.07) is 4.60. The molecule has 0 unspecified atom stereocenters. The minimum atomic E-state index is -3.66. The van der Waals surface area contributed by atoms with Crippen molar-refractivity contribution in [3.63, 3.8) is 0 Å². The number of rotatable bonds is 6. The van der Waals surface area contributed by atoms with E-state index in [-0.39, 0.29) is 9.92 Å². The van der Waals surface area contributed by atoms with Gasteiger partial charge < -0.3 is 14.2 Å². The van der Waals surface area contributed by atoms with Gasteiger partial charge in [-0.15, -0.1) is 11.3 Å². The molecule has 0 bridgehead atoms. The minimum absolute atomic E-state index is 0.138. The molecule has 2 aliphatic heterocycles. The van der Waals surface area contributed by atoms with Crippen molar-refractivity contribution in [2.24, 2.45) is 0 Å². The van der Waals surface area contributed by atoms with Gasteiger partial charge in [-0.1, -0.05) is 11.6 Å². The number of thiophene rings is 1.